The van der Waals surface area contributed by atoms with Gasteiger partial charge in [-0.1, -0.05) is 30.2 Å². The minimum Gasteiger partial charge on any atom is -0.360 e. The number of halogens is 1. The zero-order valence-electron chi connectivity index (χ0n) is 9.09. The maximum Gasteiger partial charge on any atom is 0.0662 e. The van der Waals surface area contributed by atoms with E-state index in [0.29, 0.717) is 6.54 Å². The molecule has 0 aliphatic heterocycles. The van der Waals surface area contributed by atoms with Crippen LogP contribution in [0.1, 0.15) is 24.8 Å². The number of rotatable bonds is 2. The van der Waals surface area contributed by atoms with Gasteiger partial charge in [0.1, 0.15) is 0 Å². The van der Waals surface area contributed by atoms with E-state index in [1.165, 1.54) is 24.8 Å². The summed E-state index contributed by atoms with van der Waals surface area (Å²) in [6.45, 7) is 0.716. The monoisotopic (exact) mass is 234 g/mol. The topological polar surface area (TPSA) is 41.8 Å². The number of nitrogens with two attached hydrogens (primary N) is 1. The van der Waals surface area contributed by atoms with E-state index in [-0.39, 0.29) is 5.41 Å². The molecule has 0 atom stereocenters. The third kappa shape index (κ3) is 1.23. The van der Waals surface area contributed by atoms with Crippen molar-refractivity contribution in [2.24, 2.45) is 5.73 Å². The number of hydrogen-bond donors (Lipinski definition) is 2. The van der Waals surface area contributed by atoms with Gasteiger partial charge in [0.25, 0.3) is 0 Å². The van der Waals surface area contributed by atoms with Crippen LogP contribution in [0, 0.1) is 0 Å². The molecule has 1 saturated carbocycles. The average molecular weight is 235 g/mol. The Morgan fingerprint density at radius 1 is 1.38 bits per heavy atom. The van der Waals surface area contributed by atoms with Gasteiger partial charge in [0.05, 0.1) is 5.02 Å². The van der Waals surface area contributed by atoms with Gasteiger partial charge in [-0.05, 0) is 24.5 Å². The average Bonchev–Trinajstić information content (AvgIpc) is 2.61. The van der Waals surface area contributed by atoms with Crippen LogP contribution in [0.2, 0.25) is 5.02 Å². The third-order valence-corrected chi connectivity index (χ3v) is 4.23. The van der Waals surface area contributed by atoms with Crippen LogP contribution < -0.4 is 5.73 Å². The maximum atomic E-state index is 6.25. The Morgan fingerprint density at radius 3 is 2.81 bits per heavy atom. The highest BCUT2D eigenvalue weighted by molar-refractivity contribution is 6.35. The van der Waals surface area contributed by atoms with Crippen molar-refractivity contribution in [1.82, 2.24) is 4.98 Å². The molecular formula is C13H15ClN2. The summed E-state index contributed by atoms with van der Waals surface area (Å²) in [4.78, 5) is 3.20. The van der Waals surface area contributed by atoms with Crippen molar-refractivity contribution in [3.63, 3.8) is 0 Å². The fraction of sp³-hybridized carbons (Fsp3) is 0.385. The highest BCUT2D eigenvalue weighted by Crippen LogP contribution is 2.46. The molecule has 0 saturated heterocycles. The molecule has 0 radical (unpaired) electrons. The minimum absolute atomic E-state index is 0.172. The van der Waals surface area contributed by atoms with Gasteiger partial charge in [-0.25, -0.2) is 0 Å². The van der Waals surface area contributed by atoms with Gasteiger partial charge < -0.3 is 10.7 Å². The molecule has 16 heavy (non-hydrogen) atoms. The SMILES string of the molecule is NCC1(c2cccc3[nH]cc(Cl)c23)CCC1. The highest BCUT2D eigenvalue weighted by atomic mass is 35.5. The summed E-state index contributed by atoms with van der Waals surface area (Å²) in [6, 6.07) is 6.32. The molecule has 1 fully saturated rings. The Bertz CT molecular complexity index is 520. The molecule has 2 aromatic rings. The number of fused-ring (bicyclic) bond motifs is 1. The second kappa shape index (κ2) is 3.51. The summed E-state index contributed by atoms with van der Waals surface area (Å²) in [5, 5.41) is 1.97. The molecule has 3 N–H and O–H groups in total. The van der Waals surface area contributed by atoms with Crippen LogP contribution in [0.25, 0.3) is 10.9 Å². The van der Waals surface area contributed by atoms with Crippen molar-refractivity contribution in [3.8, 4) is 0 Å². The lowest BCUT2D eigenvalue weighted by atomic mass is 9.64. The van der Waals surface area contributed by atoms with Gasteiger partial charge in [-0.15, -0.1) is 0 Å². The minimum atomic E-state index is 0.172. The zero-order valence-corrected chi connectivity index (χ0v) is 9.85. The quantitative estimate of drug-likeness (QED) is 0.823. The Kier molecular flexibility index (Phi) is 2.23. The zero-order chi connectivity index (χ0) is 11.2. The van der Waals surface area contributed by atoms with Crippen LogP contribution in [0.15, 0.2) is 24.4 Å². The van der Waals surface area contributed by atoms with Gasteiger partial charge in [0.15, 0.2) is 0 Å². The molecule has 0 bridgehead atoms. The standard InChI is InChI=1S/C13H15ClN2/c14-10-7-16-11-4-1-3-9(12(10)11)13(8-15)5-2-6-13/h1,3-4,7,16H,2,5-6,8,15H2. The molecule has 3 rings (SSSR count). The molecular weight excluding hydrogens is 220 g/mol. The summed E-state index contributed by atoms with van der Waals surface area (Å²) >= 11 is 6.25. The lowest BCUT2D eigenvalue weighted by molar-refractivity contribution is 0.255. The van der Waals surface area contributed by atoms with Gasteiger partial charge in [0.2, 0.25) is 0 Å². The van der Waals surface area contributed by atoms with Crippen molar-refractivity contribution in [2.75, 3.05) is 6.54 Å². The maximum absolute atomic E-state index is 6.25. The van der Waals surface area contributed by atoms with Gasteiger partial charge in [-0.2, -0.15) is 0 Å². The fourth-order valence-corrected chi connectivity index (χ4v) is 3.03. The van der Waals surface area contributed by atoms with E-state index in [4.69, 9.17) is 17.3 Å². The molecule has 3 heteroatoms. The van der Waals surface area contributed by atoms with Crippen LogP contribution in [0.3, 0.4) is 0 Å². The molecule has 1 aromatic heterocycles. The third-order valence-electron chi connectivity index (χ3n) is 3.93. The first kappa shape index (κ1) is 10.2. The number of hydrogen-bond acceptors (Lipinski definition) is 1. The second-order valence-corrected chi connectivity index (χ2v) is 5.11. The molecule has 1 aliphatic rings. The van der Waals surface area contributed by atoms with E-state index < -0.39 is 0 Å². The van der Waals surface area contributed by atoms with Crippen molar-refractivity contribution in [3.05, 3.63) is 35.0 Å². The molecule has 84 valence electrons. The molecule has 0 unspecified atom stereocenters. The Balaban J connectivity index is 2.26. The first-order chi connectivity index (χ1) is 7.77. The van der Waals surface area contributed by atoms with E-state index in [2.05, 4.69) is 23.2 Å². The van der Waals surface area contributed by atoms with Crippen molar-refractivity contribution in [2.45, 2.75) is 24.7 Å². The lowest BCUT2D eigenvalue weighted by Crippen LogP contribution is -2.41. The van der Waals surface area contributed by atoms with E-state index in [9.17, 15) is 0 Å². The second-order valence-electron chi connectivity index (χ2n) is 4.70. The Hall–Kier alpha value is -0.990. The first-order valence-electron chi connectivity index (χ1n) is 5.73. The fourth-order valence-electron chi connectivity index (χ4n) is 2.77. The largest absolute Gasteiger partial charge is 0.360 e. The van der Waals surface area contributed by atoms with Crippen molar-refractivity contribution >= 4 is 22.5 Å². The summed E-state index contributed by atoms with van der Waals surface area (Å²) in [5.41, 5.74) is 8.57. The van der Waals surface area contributed by atoms with Crippen molar-refractivity contribution < 1.29 is 0 Å². The molecule has 2 nitrogen and oxygen atoms in total. The van der Waals surface area contributed by atoms with E-state index >= 15 is 0 Å². The molecule has 1 heterocycles. The lowest BCUT2D eigenvalue weighted by Gasteiger charge is -2.42. The number of benzene rings is 1. The molecule has 1 aliphatic carbocycles. The summed E-state index contributed by atoms with van der Waals surface area (Å²) in [7, 11) is 0. The van der Waals surface area contributed by atoms with Gasteiger partial charge in [0, 0.05) is 29.1 Å². The van der Waals surface area contributed by atoms with E-state index in [0.717, 1.165) is 15.9 Å². The van der Waals surface area contributed by atoms with Crippen LogP contribution >= 0.6 is 11.6 Å². The van der Waals surface area contributed by atoms with Crippen LogP contribution in [0.4, 0.5) is 0 Å². The number of aromatic amines is 1. The van der Waals surface area contributed by atoms with Crippen LogP contribution in [-0.4, -0.2) is 11.5 Å². The molecule has 0 spiro atoms. The van der Waals surface area contributed by atoms with Crippen LogP contribution in [0.5, 0.6) is 0 Å². The Labute approximate surface area is 99.8 Å². The van der Waals surface area contributed by atoms with E-state index in [1.807, 2.05) is 6.20 Å². The predicted octanol–water partition coefficient (Wildman–Crippen LogP) is 3.20. The van der Waals surface area contributed by atoms with Gasteiger partial charge in [-0.3, -0.25) is 0 Å². The number of H-pyrrole nitrogens is 1. The van der Waals surface area contributed by atoms with Gasteiger partial charge >= 0.3 is 0 Å². The Morgan fingerprint density at radius 2 is 2.19 bits per heavy atom. The summed E-state index contributed by atoms with van der Waals surface area (Å²) < 4.78 is 0. The molecule has 1 aromatic carbocycles. The first-order valence-corrected chi connectivity index (χ1v) is 6.11. The molecule has 0 amide bonds. The smallest absolute Gasteiger partial charge is 0.0662 e. The van der Waals surface area contributed by atoms with Crippen LogP contribution in [-0.2, 0) is 5.41 Å². The number of nitrogens with one attached hydrogen (secondary N) is 1. The number of aromatic nitrogens is 1. The predicted molar refractivity (Wildman–Crippen MR) is 67.9 cm³/mol. The van der Waals surface area contributed by atoms with Crippen molar-refractivity contribution in [1.29, 1.82) is 0 Å². The summed E-state index contributed by atoms with van der Waals surface area (Å²) in [5.74, 6) is 0. The van der Waals surface area contributed by atoms with E-state index in [1.54, 1.807) is 0 Å². The highest BCUT2D eigenvalue weighted by Gasteiger charge is 2.38. The summed E-state index contributed by atoms with van der Waals surface area (Å²) in [6.07, 6.45) is 5.50. The normalized spacial score (nSPS) is 18.6.